The largest absolute Gasteiger partial charge is 0.484 e. The zero-order valence-corrected chi connectivity index (χ0v) is 22.3. The number of hydrogen-bond acceptors (Lipinski definition) is 6. The predicted molar refractivity (Wildman–Crippen MR) is 134 cm³/mol. The molecule has 0 aliphatic carbocycles. The molecule has 1 aliphatic rings. The molecule has 2 aromatic rings. The summed E-state index contributed by atoms with van der Waals surface area (Å²) in [7, 11) is -3.77. The van der Waals surface area contributed by atoms with Crippen LogP contribution in [0.4, 0.5) is 4.79 Å². The highest BCUT2D eigenvalue weighted by Crippen LogP contribution is 2.27. The molecule has 1 saturated heterocycles. The number of nitrogens with two attached hydrogens (primary N) is 1. The first-order valence-electron chi connectivity index (χ1n) is 11.1. The van der Waals surface area contributed by atoms with Crippen LogP contribution in [0.5, 0.6) is 5.75 Å². The normalized spacial score (nSPS) is 18.4. The van der Waals surface area contributed by atoms with Crippen LogP contribution in [-0.2, 0) is 14.8 Å². The third-order valence-electron chi connectivity index (χ3n) is 5.44. The minimum Gasteiger partial charge on any atom is -0.484 e. The average molecular weight is 555 g/mol. The lowest BCUT2D eigenvalue weighted by molar-refractivity contribution is -0.00297. The number of carbonyl (C=O) groups excluding carboxylic acids is 1. The number of benzene rings is 2. The Bertz CT molecular complexity index is 1090. The number of piperazine rings is 1. The topological polar surface area (TPSA) is 102 Å². The highest BCUT2D eigenvalue weighted by Gasteiger charge is 2.32. The molecule has 2 atom stereocenters. The van der Waals surface area contributed by atoms with Crippen molar-refractivity contribution in [3.05, 3.63) is 58.6 Å². The highest BCUT2D eigenvalue weighted by molar-refractivity contribution is 9.10. The molecule has 186 valence electrons. The zero-order chi connectivity index (χ0) is 25.1. The fraction of sp³-hybridized carbons (Fsp3) is 0.458. The van der Waals surface area contributed by atoms with Crippen LogP contribution in [0.3, 0.4) is 0 Å². The molecular weight excluding hydrogens is 522 g/mol. The van der Waals surface area contributed by atoms with E-state index in [1.807, 2.05) is 52.0 Å². The van der Waals surface area contributed by atoms with E-state index in [9.17, 15) is 13.2 Å². The van der Waals surface area contributed by atoms with E-state index in [2.05, 4.69) is 20.8 Å². The quantitative estimate of drug-likeness (QED) is 0.576. The van der Waals surface area contributed by atoms with Gasteiger partial charge in [-0.05, 0) is 69.7 Å². The summed E-state index contributed by atoms with van der Waals surface area (Å²) >= 11 is 3.47. The van der Waals surface area contributed by atoms with Crippen LogP contribution in [0.1, 0.15) is 39.4 Å². The van der Waals surface area contributed by atoms with Crippen molar-refractivity contribution in [1.29, 1.82) is 0 Å². The second-order valence-electron chi connectivity index (χ2n) is 9.46. The molecular formula is C24H32BrN3O5S. The smallest absolute Gasteiger partial charge is 0.410 e. The highest BCUT2D eigenvalue weighted by atomic mass is 79.9. The van der Waals surface area contributed by atoms with Gasteiger partial charge in [0.1, 0.15) is 17.5 Å². The minimum absolute atomic E-state index is 0.0109. The molecule has 1 unspecified atom stereocenters. The Kier molecular flexibility index (Phi) is 8.28. The van der Waals surface area contributed by atoms with Crippen LogP contribution in [-0.4, -0.2) is 62.1 Å². The average Bonchev–Trinajstić information content (AvgIpc) is 2.72. The summed E-state index contributed by atoms with van der Waals surface area (Å²) in [6.45, 7) is 10.1. The Morgan fingerprint density at radius 3 is 2.26 bits per heavy atom. The molecule has 0 bridgehead atoms. The van der Waals surface area contributed by atoms with Gasteiger partial charge in [-0.25, -0.2) is 18.4 Å². The summed E-state index contributed by atoms with van der Waals surface area (Å²) in [5.41, 5.74) is 0.453. The molecule has 1 fully saturated rings. The van der Waals surface area contributed by atoms with Crippen molar-refractivity contribution in [3.8, 4) is 5.75 Å². The van der Waals surface area contributed by atoms with E-state index >= 15 is 0 Å². The van der Waals surface area contributed by atoms with Crippen LogP contribution < -0.4 is 9.88 Å². The molecule has 3 rings (SSSR count). The molecule has 0 saturated carbocycles. The first-order valence-corrected chi connectivity index (χ1v) is 13.4. The van der Waals surface area contributed by atoms with Gasteiger partial charge in [-0.3, -0.25) is 4.90 Å². The Labute approximate surface area is 210 Å². The summed E-state index contributed by atoms with van der Waals surface area (Å²) in [5.74, 6) is 0.542. The molecule has 8 nitrogen and oxygen atoms in total. The summed E-state index contributed by atoms with van der Waals surface area (Å²) in [6.07, 6.45) is -0.594. The molecule has 0 aromatic heterocycles. The van der Waals surface area contributed by atoms with Crippen molar-refractivity contribution < 1.29 is 22.7 Å². The molecule has 2 aromatic carbocycles. The number of ether oxygens (including phenoxy) is 2. The second-order valence-corrected chi connectivity index (χ2v) is 11.9. The first kappa shape index (κ1) is 26.5. The van der Waals surface area contributed by atoms with Gasteiger partial charge in [0.15, 0.2) is 0 Å². The van der Waals surface area contributed by atoms with Gasteiger partial charge >= 0.3 is 6.09 Å². The SMILES string of the molecule is C[C@@H]1CN(CC(Oc2ccc(S(N)(=O)=O)cc2)c2ccc(Br)cc2)CCN1C(=O)OC(C)(C)C. The maximum atomic E-state index is 12.5. The minimum atomic E-state index is -3.77. The Morgan fingerprint density at radius 2 is 1.74 bits per heavy atom. The fourth-order valence-electron chi connectivity index (χ4n) is 3.79. The van der Waals surface area contributed by atoms with E-state index in [4.69, 9.17) is 14.6 Å². The van der Waals surface area contributed by atoms with E-state index in [1.54, 1.807) is 17.0 Å². The number of primary sulfonamides is 1. The van der Waals surface area contributed by atoms with Gasteiger partial charge < -0.3 is 14.4 Å². The maximum Gasteiger partial charge on any atom is 0.410 e. The molecule has 10 heteroatoms. The van der Waals surface area contributed by atoms with Crippen LogP contribution in [0.15, 0.2) is 57.9 Å². The van der Waals surface area contributed by atoms with Crippen LogP contribution in [0, 0.1) is 0 Å². The summed E-state index contributed by atoms with van der Waals surface area (Å²) in [4.78, 5) is 16.6. The lowest BCUT2D eigenvalue weighted by atomic mass is 10.1. The lowest BCUT2D eigenvalue weighted by Crippen LogP contribution is -2.55. The predicted octanol–water partition coefficient (Wildman–Crippen LogP) is 4.16. The van der Waals surface area contributed by atoms with Gasteiger partial charge in [0.25, 0.3) is 0 Å². The lowest BCUT2D eigenvalue weighted by Gasteiger charge is -2.41. The van der Waals surface area contributed by atoms with Crippen molar-refractivity contribution >= 4 is 32.0 Å². The van der Waals surface area contributed by atoms with E-state index in [0.717, 1.165) is 10.0 Å². The second kappa shape index (κ2) is 10.6. The summed E-state index contributed by atoms with van der Waals surface area (Å²) < 4.78 is 35.9. The monoisotopic (exact) mass is 553 g/mol. The van der Waals surface area contributed by atoms with Gasteiger partial charge in [-0.15, -0.1) is 0 Å². The third kappa shape index (κ3) is 7.43. The Morgan fingerprint density at radius 1 is 1.12 bits per heavy atom. The Hall–Kier alpha value is -2.14. The molecule has 2 N–H and O–H groups in total. The summed E-state index contributed by atoms with van der Waals surface area (Å²) in [6, 6.07) is 14.0. The number of carbonyl (C=O) groups is 1. The fourth-order valence-corrected chi connectivity index (χ4v) is 4.57. The standard InChI is InChI=1S/C24H32BrN3O5S/c1-17-15-27(13-14-28(17)23(29)33-24(2,3)4)16-22(18-5-7-19(25)8-6-18)32-20-9-11-21(12-10-20)34(26,30)31/h5-12,17,22H,13-16H2,1-4H3,(H2,26,30,31)/t17-,22?/m1/s1. The van der Waals surface area contributed by atoms with E-state index < -0.39 is 15.6 Å². The molecule has 1 aliphatic heterocycles. The molecule has 34 heavy (non-hydrogen) atoms. The molecule has 1 amide bonds. The number of rotatable bonds is 6. The van der Waals surface area contributed by atoms with Gasteiger partial charge in [0.2, 0.25) is 10.0 Å². The zero-order valence-electron chi connectivity index (χ0n) is 19.9. The van der Waals surface area contributed by atoms with Crippen molar-refractivity contribution in [2.75, 3.05) is 26.2 Å². The van der Waals surface area contributed by atoms with E-state index in [0.29, 0.717) is 31.9 Å². The number of nitrogens with zero attached hydrogens (tertiary/aromatic N) is 2. The first-order chi connectivity index (χ1) is 15.8. The molecule has 0 spiro atoms. The van der Waals surface area contributed by atoms with Gasteiger partial charge in [0, 0.05) is 36.7 Å². The number of amides is 1. The van der Waals surface area contributed by atoms with Gasteiger partial charge in [0.05, 0.1) is 4.90 Å². The number of sulfonamides is 1. The maximum absolute atomic E-state index is 12.5. The van der Waals surface area contributed by atoms with Crippen molar-refractivity contribution in [1.82, 2.24) is 9.80 Å². The van der Waals surface area contributed by atoms with E-state index in [1.165, 1.54) is 12.1 Å². The van der Waals surface area contributed by atoms with Crippen molar-refractivity contribution in [3.63, 3.8) is 0 Å². The summed E-state index contributed by atoms with van der Waals surface area (Å²) in [5, 5.41) is 5.20. The number of hydrogen-bond donors (Lipinski definition) is 1. The van der Waals surface area contributed by atoms with Gasteiger partial charge in [-0.1, -0.05) is 28.1 Å². The Balaban J connectivity index is 1.73. The van der Waals surface area contributed by atoms with Crippen molar-refractivity contribution in [2.45, 2.75) is 50.3 Å². The molecule has 0 radical (unpaired) electrons. The van der Waals surface area contributed by atoms with E-state index in [-0.39, 0.29) is 23.1 Å². The van der Waals surface area contributed by atoms with Crippen LogP contribution in [0.2, 0.25) is 0 Å². The number of halogens is 1. The third-order valence-corrected chi connectivity index (χ3v) is 6.89. The van der Waals surface area contributed by atoms with Gasteiger partial charge in [-0.2, -0.15) is 0 Å². The molecule has 1 heterocycles. The van der Waals surface area contributed by atoms with Crippen LogP contribution in [0.25, 0.3) is 0 Å². The van der Waals surface area contributed by atoms with Crippen LogP contribution >= 0.6 is 15.9 Å². The van der Waals surface area contributed by atoms with Crippen molar-refractivity contribution in [2.24, 2.45) is 5.14 Å².